The summed E-state index contributed by atoms with van der Waals surface area (Å²) in [6.45, 7) is 4.30. The highest BCUT2D eigenvalue weighted by molar-refractivity contribution is 5.27. The van der Waals surface area contributed by atoms with Crippen LogP contribution in [0.15, 0.2) is 6.20 Å². The van der Waals surface area contributed by atoms with Crippen molar-refractivity contribution in [2.24, 2.45) is 5.92 Å². The zero-order valence-corrected chi connectivity index (χ0v) is 11.1. The second kappa shape index (κ2) is 6.20. The minimum atomic E-state index is -0.561. The van der Waals surface area contributed by atoms with E-state index in [0.717, 1.165) is 38.1 Å². The average Bonchev–Trinajstić information content (AvgIpc) is 2.82. The van der Waals surface area contributed by atoms with Crippen molar-refractivity contribution in [2.45, 2.75) is 38.8 Å². The Morgan fingerprint density at radius 1 is 1.67 bits per heavy atom. The van der Waals surface area contributed by atoms with Gasteiger partial charge in [0.05, 0.1) is 19.9 Å². The molecule has 1 N–H and O–H groups in total. The Hall–Kier alpha value is -1.07. The topological polar surface area (TPSA) is 56.5 Å². The molecule has 1 aliphatic rings. The number of aryl methyl sites for hydroxylation is 1. The molecule has 5 nitrogen and oxygen atoms in total. The molecule has 0 spiro atoms. The van der Waals surface area contributed by atoms with Crippen LogP contribution < -0.4 is 4.74 Å². The van der Waals surface area contributed by atoms with Gasteiger partial charge in [-0.1, -0.05) is 6.92 Å². The SMILES string of the molecule is CCCn1ncc(OC)c1C(O)C1CCCOC1. The molecule has 0 amide bonds. The van der Waals surface area contributed by atoms with Gasteiger partial charge in [0.2, 0.25) is 0 Å². The molecule has 1 aromatic rings. The molecule has 1 aromatic heterocycles. The maximum Gasteiger partial charge on any atom is 0.162 e. The predicted octanol–water partition coefficient (Wildman–Crippen LogP) is 1.76. The van der Waals surface area contributed by atoms with E-state index in [-0.39, 0.29) is 5.92 Å². The van der Waals surface area contributed by atoms with Crippen LogP contribution in [0.4, 0.5) is 0 Å². The van der Waals surface area contributed by atoms with Gasteiger partial charge in [-0.25, -0.2) is 0 Å². The van der Waals surface area contributed by atoms with E-state index >= 15 is 0 Å². The van der Waals surface area contributed by atoms with Crippen LogP contribution in [0, 0.1) is 5.92 Å². The number of hydrogen-bond donors (Lipinski definition) is 1. The Labute approximate surface area is 108 Å². The van der Waals surface area contributed by atoms with Crippen molar-refractivity contribution in [1.29, 1.82) is 0 Å². The Balaban J connectivity index is 2.20. The molecule has 0 radical (unpaired) electrons. The summed E-state index contributed by atoms with van der Waals surface area (Å²) in [6.07, 6.45) is 4.09. The standard InChI is InChI=1S/C13H22N2O3/c1-3-6-15-12(11(17-2)8-14-15)13(16)10-5-4-7-18-9-10/h8,10,13,16H,3-7,9H2,1-2H3. The third kappa shape index (κ3) is 2.67. The van der Waals surface area contributed by atoms with Crippen LogP contribution in [-0.2, 0) is 11.3 Å². The number of ether oxygens (including phenoxy) is 2. The molecule has 0 aromatic carbocycles. The molecule has 1 fully saturated rings. The van der Waals surface area contributed by atoms with Crippen LogP contribution in [0.1, 0.15) is 38.0 Å². The Morgan fingerprint density at radius 3 is 3.11 bits per heavy atom. The van der Waals surface area contributed by atoms with Crippen molar-refractivity contribution in [3.05, 3.63) is 11.9 Å². The predicted molar refractivity (Wildman–Crippen MR) is 67.6 cm³/mol. The van der Waals surface area contributed by atoms with Gasteiger partial charge in [-0.2, -0.15) is 5.10 Å². The average molecular weight is 254 g/mol. The van der Waals surface area contributed by atoms with E-state index in [4.69, 9.17) is 9.47 Å². The van der Waals surface area contributed by atoms with E-state index in [2.05, 4.69) is 12.0 Å². The zero-order chi connectivity index (χ0) is 13.0. The summed E-state index contributed by atoms with van der Waals surface area (Å²) in [5, 5.41) is 14.8. The van der Waals surface area contributed by atoms with Crippen LogP contribution in [0.5, 0.6) is 5.75 Å². The normalized spacial score (nSPS) is 21.8. The highest BCUT2D eigenvalue weighted by Crippen LogP contribution is 2.34. The monoisotopic (exact) mass is 254 g/mol. The van der Waals surface area contributed by atoms with Gasteiger partial charge >= 0.3 is 0 Å². The smallest absolute Gasteiger partial charge is 0.162 e. The van der Waals surface area contributed by atoms with E-state index in [0.29, 0.717) is 12.4 Å². The number of nitrogens with zero attached hydrogens (tertiary/aromatic N) is 2. The molecule has 0 bridgehead atoms. The summed E-state index contributed by atoms with van der Waals surface area (Å²) in [5.41, 5.74) is 0.787. The molecular weight excluding hydrogens is 232 g/mol. The second-order valence-electron chi connectivity index (χ2n) is 4.74. The highest BCUT2D eigenvalue weighted by Gasteiger charge is 2.29. The maximum absolute atomic E-state index is 10.5. The van der Waals surface area contributed by atoms with Crippen molar-refractivity contribution in [2.75, 3.05) is 20.3 Å². The largest absolute Gasteiger partial charge is 0.493 e. The fourth-order valence-corrected chi connectivity index (χ4v) is 2.46. The van der Waals surface area contributed by atoms with Crippen molar-refractivity contribution in [3.63, 3.8) is 0 Å². The molecule has 18 heavy (non-hydrogen) atoms. The second-order valence-corrected chi connectivity index (χ2v) is 4.74. The first-order valence-electron chi connectivity index (χ1n) is 6.63. The van der Waals surface area contributed by atoms with E-state index in [1.54, 1.807) is 13.3 Å². The van der Waals surface area contributed by atoms with Gasteiger partial charge in [-0.3, -0.25) is 4.68 Å². The number of aliphatic hydroxyl groups is 1. The van der Waals surface area contributed by atoms with Crippen LogP contribution >= 0.6 is 0 Å². The first-order valence-corrected chi connectivity index (χ1v) is 6.63. The molecule has 1 aliphatic heterocycles. The molecular formula is C13H22N2O3. The van der Waals surface area contributed by atoms with Crippen LogP contribution in [-0.4, -0.2) is 35.2 Å². The number of aromatic nitrogens is 2. The minimum Gasteiger partial charge on any atom is -0.493 e. The minimum absolute atomic E-state index is 0.139. The zero-order valence-electron chi connectivity index (χ0n) is 11.1. The first-order chi connectivity index (χ1) is 8.77. The van der Waals surface area contributed by atoms with Crippen LogP contribution in [0.2, 0.25) is 0 Å². The highest BCUT2D eigenvalue weighted by atomic mass is 16.5. The van der Waals surface area contributed by atoms with E-state index in [9.17, 15) is 5.11 Å². The number of aliphatic hydroxyl groups excluding tert-OH is 1. The van der Waals surface area contributed by atoms with Crippen molar-refractivity contribution in [3.8, 4) is 5.75 Å². The van der Waals surface area contributed by atoms with Gasteiger partial charge < -0.3 is 14.6 Å². The van der Waals surface area contributed by atoms with Gasteiger partial charge in [0, 0.05) is 19.1 Å². The molecule has 102 valence electrons. The Morgan fingerprint density at radius 2 is 2.50 bits per heavy atom. The lowest BCUT2D eigenvalue weighted by atomic mass is 9.93. The summed E-state index contributed by atoms with van der Waals surface area (Å²) < 4.78 is 12.6. The summed E-state index contributed by atoms with van der Waals surface area (Å²) in [5.74, 6) is 0.807. The Bertz CT molecular complexity index is 372. The summed E-state index contributed by atoms with van der Waals surface area (Å²) in [4.78, 5) is 0. The quantitative estimate of drug-likeness (QED) is 0.870. The molecule has 0 aliphatic carbocycles. The lowest BCUT2D eigenvalue weighted by molar-refractivity contribution is -0.0140. The third-order valence-electron chi connectivity index (χ3n) is 3.42. The van der Waals surface area contributed by atoms with E-state index < -0.39 is 6.10 Å². The van der Waals surface area contributed by atoms with Crippen molar-refractivity contribution >= 4 is 0 Å². The van der Waals surface area contributed by atoms with Gasteiger partial charge in [0.1, 0.15) is 11.8 Å². The molecule has 2 rings (SSSR count). The molecule has 2 unspecified atom stereocenters. The van der Waals surface area contributed by atoms with Crippen molar-refractivity contribution in [1.82, 2.24) is 9.78 Å². The molecule has 2 heterocycles. The third-order valence-corrected chi connectivity index (χ3v) is 3.42. The molecule has 2 atom stereocenters. The van der Waals surface area contributed by atoms with Gasteiger partial charge in [0.25, 0.3) is 0 Å². The molecule has 0 saturated carbocycles. The number of methoxy groups -OCH3 is 1. The van der Waals surface area contributed by atoms with Crippen LogP contribution in [0.25, 0.3) is 0 Å². The van der Waals surface area contributed by atoms with E-state index in [1.165, 1.54) is 0 Å². The summed E-state index contributed by atoms with van der Waals surface area (Å²) in [6, 6.07) is 0. The summed E-state index contributed by atoms with van der Waals surface area (Å²) in [7, 11) is 1.61. The lowest BCUT2D eigenvalue weighted by Crippen LogP contribution is -2.25. The maximum atomic E-state index is 10.5. The lowest BCUT2D eigenvalue weighted by Gasteiger charge is -2.27. The van der Waals surface area contributed by atoms with Crippen molar-refractivity contribution < 1.29 is 14.6 Å². The van der Waals surface area contributed by atoms with Gasteiger partial charge in [-0.05, 0) is 19.3 Å². The molecule has 5 heteroatoms. The fraction of sp³-hybridized carbons (Fsp3) is 0.769. The van der Waals surface area contributed by atoms with Gasteiger partial charge in [-0.15, -0.1) is 0 Å². The van der Waals surface area contributed by atoms with Crippen LogP contribution in [0.3, 0.4) is 0 Å². The summed E-state index contributed by atoms with van der Waals surface area (Å²) >= 11 is 0. The number of rotatable bonds is 5. The first kappa shape index (κ1) is 13.4. The number of hydrogen-bond acceptors (Lipinski definition) is 4. The fourth-order valence-electron chi connectivity index (χ4n) is 2.46. The molecule has 1 saturated heterocycles. The Kier molecular flexibility index (Phi) is 4.60. The van der Waals surface area contributed by atoms with E-state index in [1.807, 2.05) is 4.68 Å². The van der Waals surface area contributed by atoms with Gasteiger partial charge in [0.15, 0.2) is 5.75 Å².